The molecule has 0 atom stereocenters. The van der Waals surface area contributed by atoms with Crippen LogP contribution in [0.4, 0.5) is 4.39 Å². The number of nitrogens with zero attached hydrogens (tertiary/aromatic N) is 3. The number of halogens is 1. The summed E-state index contributed by atoms with van der Waals surface area (Å²) in [5.74, 6) is 0.509. The Morgan fingerprint density at radius 2 is 2.10 bits per heavy atom. The molecule has 0 fully saturated rings. The molecule has 0 saturated heterocycles. The Hall–Kier alpha value is -1.50. The molecular weight excluding hydrogens is 261 g/mol. The first-order chi connectivity index (χ1) is 9.65. The first-order valence-electron chi connectivity index (χ1n) is 6.70. The number of hydrogen-bond donors (Lipinski definition) is 2. The van der Waals surface area contributed by atoms with Gasteiger partial charge in [0.2, 0.25) is 0 Å². The Morgan fingerprint density at radius 3 is 2.80 bits per heavy atom. The van der Waals surface area contributed by atoms with Gasteiger partial charge in [-0.3, -0.25) is 4.90 Å². The third kappa shape index (κ3) is 3.33. The second kappa shape index (κ2) is 6.78. The van der Waals surface area contributed by atoms with Crippen molar-refractivity contribution >= 4 is 11.0 Å². The van der Waals surface area contributed by atoms with Crippen LogP contribution in [0.3, 0.4) is 0 Å². The molecule has 0 bridgehead atoms. The monoisotopic (exact) mass is 281 g/mol. The molecule has 0 spiro atoms. The van der Waals surface area contributed by atoms with Crippen molar-refractivity contribution in [1.82, 2.24) is 14.5 Å². The van der Waals surface area contributed by atoms with Crippen LogP contribution in [0.5, 0.6) is 0 Å². The summed E-state index contributed by atoms with van der Waals surface area (Å²) >= 11 is 0. The molecule has 6 heteroatoms. The van der Waals surface area contributed by atoms with Crippen LogP contribution >= 0.6 is 0 Å². The van der Waals surface area contributed by atoms with Gasteiger partial charge in [-0.05, 0) is 25.6 Å². The normalized spacial score (nSPS) is 11.7. The zero-order valence-corrected chi connectivity index (χ0v) is 11.6. The number of hydrogen-bond acceptors (Lipinski definition) is 4. The average Bonchev–Trinajstić information content (AvgIpc) is 2.73. The lowest BCUT2D eigenvalue weighted by Crippen LogP contribution is -2.23. The highest BCUT2D eigenvalue weighted by atomic mass is 19.1. The van der Waals surface area contributed by atoms with Crippen molar-refractivity contribution in [3.05, 3.63) is 29.8 Å². The molecule has 1 heterocycles. The molecule has 0 aliphatic heterocycles. The minimum atomic E-state index is -0.306. The highest BCUT2D eigenvalue weighted by Gasteiger charge is 2.12. The minimum Gasteiger partial charge on any atom is -0.396 e. The van der Waals surface area contributed by atoms with E-state index in [1.54, 1.807) is 6.07 Å². The molecule has 0 unspecified atom stereocenters. The predicted octanol–water partition coefficient (Wildman–Crippen LogP) is 0.982. The standard InChI is InChI=1S/C14H20FN3O2/c1-17(6-8-20)10-14-16-12-9-11(15)3-4-13(12)18(14)5-2-7-19/h3-4,9,19-20H,2,5-8,10H2,1H3. The lowest BCUT2D eigenvalue weighted by atomic mass is 10.3. The lowest BCUT2D eigenvalue weighted by Gasteiger charge is -2.16. The molecule has 1 aromatic heterocycles. The third-order valence-corrected chi connectivity index (χ3v) is 3.22. The van der Waals surface area contributed by atoms with Crippen LogP contribution in [-0.2, 0) is 13.1 Å². The molecule has 2 N–H and O–H groups in total. The minimum absolute atomic E-state index is 0.0853. The number of aryl methyl sites for hydroxylation is 1. The SMILES string of the molecule is CN(CCO)Cc1nc2cc(F)ccc2n1CCCO. The summed E-state index contributed by atoms with van der Waals surface area (Å²) in [6.45, 7) is 1.95. The first kappa shape index (κ1) is 14.9. The largest absolute Gasteiger partial charge is 0.396 e. The molecule has 1 aromatic carbocycles. The third-order valence-electron chi connectivity index (χ3n) is 3.22. The van der Waals surface area contributed by atoms with Crippen molar-refractivity contribution in [3.8, 4) is 0 Å². The maximum Gasteiger partial charge on any atom is 0.125 e. The second-order valence-electron chi connectivity index (χ2n) is 4.85. The van der Waals surface area contributed by atoms with E-state index in [9.17, 15) is 4.39 Å². The Morgan fingerprint density at radius 1 is 1.30 bits per heavy atom. The first-order valence-corrected chi connectivity index (χ1v) is 6.70. The van der Waals surface area contributed by atoms with Gasteiger partial charge in [-0.1, -0.05) is 0 Å². The number of fused-ring (bicyclic) bond motifs is 1. The zero-order chi connectivity index (χ0) is 14.5. The van der Waals surface area contributed by atoms with Crippen molar-refractivity contribution < 1.29 is 14.6 Å². The topological polar surface area (TPSA) is 61.5 Å². The number of benzene rings is 1. The smallest absolute Gasteiger partial charge is 0.125 e. The van der Waals surface area contributed by atoms with Crippen molar-refractivity contribution in [2.24, 2.45) is 0 Å². The maximum atomic E-state index is 13.3. The molecule has 0 amide bonds. The van der Waals surface area contributed by atoms with Gasteiger partial charge in [0, 0.05) is 25.8 Å². The molecule has 0 aliphatic rings. The van der Waals surface area contributed by atoms with E-state index in [4.69, 9.17) is 10.2 Å². The molecule has 2 rings (SSSR count). The Balaban J connectivity index is 2.34. The molecule has 110 valence electrons. The summed E-state index contributed by atoms with van der Waals surface area (Å²) in [4.78, 5) is 6.42. The second-order valence-corrected chi connectivity index (χ2v) is 4.85. The lowest BCUT2D eigenvalue weighted by molar-refractivity contribution is 0.212. The van der Waals surface area contributed by atoms with Gasteiger partial charge < -0.3 is 14.8 Å². The Bertz CT molecular complexity index is 571. The van der Waals surface area contributed by atoms with E-state index in [0.717, 1.165) is 11.3 Å². The molecule has 2 aromatic rings. The fraction of sp³-hybridized carbons (Fsp3) is 0.500. The average molecular weight is 281 g/mol. The van der Waals surface area contributed by atoms with E-state index in [1.165, 1.54) is 12.1 Å². The van der Waals surface area contributed by atoms with E-state index in [0.29, 0.717) is 31.6 Å². The summed E-state index contributed by atoms with van der Waals surface area (Å²) in [5.41, 5.74) is 1.49. The summed E-state index contributed by atoms with van der Waals surface area (Å²) < 4.78 is 15.3. The Kier molecular flexibility index (Phi) is 5.05. The predicted molar refractivity (Wildman–Crippen MR) is 74.8 cm³/mol. The van der Waals surface area contributed by atoms with Gasteiger partial charge >= 0.3 is 0 Å². The van der Waals surface area contributed by atoms with Crippen LogP contribution in [0.1, 0.15) is 12.2 Å². The number of aliphatic hydroxyl groups excluding tert-OH is 2. The number of likely N-dealkylation sites (N-methyl/N-ethyl adjacent to an activating group) is 1. The van der Waals surface area contributed by atoms with Gasteiger partial charge in [-0.2, -0.15) is 0 Å². The van der Waals surface area contributed by atoms with Gasteiger partial charge in [0.1, 0.15) is 11.6 Å². The van der Waals surface area contributed by atoms with Crippen LogP contribution in [0.2, 0.25) is 0 Å². The quantitative estimate of drug-likeness (QED) is 0.794. The zero-order valence-electron chi connectivity index (χ0n) is 11.6. The molecule has 0 aliphatic carbocycles. The van der Waals surface area contributed by atoms with Crippen LogP contribution in [0.25, 0.3) is 11.0 Å². The number of aliphatic hydroxyl groups is 2. The van der Waals surface area contributed by atoms with Gasteiger partial charge in [-0.25, -0.2) is 9.37 Å². The van der Waals surface area contributed by atoms with Crippen molar-refractivity contribution in [2.45, 2.75) is 19.5 Å². The van der Waals surface area contributed by atoms with E-state index < -0.39 is 0 Å². The maximum absolute atomic E-state index is 13.3. The van der Waals surface area contributed by atoms with Crippen LogP contribution in [0, 0.1) is 5.82 Å². The summed E-state index contributed by atoms with van der Waals surface area (Å²) in [6.07, 6.45) is 0.625. The van der Waals surface area contributed by atoms with Crippen LogP contribution < -0.4 is 0 Å². The van der Waals surface area contributed by atoms with E-state index in [-0.39, 0.29) is 19.0 Å². The van der Waals surface area contributed by atoms with E-state index in [2.05, 4.69) is 4.98 Å². The highest BCUT2D eigenvalue weighted by Crippen LogP contribution is 2.19. The van der Waals surface area contributed by atoms with Crippen molar-refractivity contribution in [3.63, 3.8) is 0 Å². The van der Waals surface area contributed by atoms with Gasteiger partial charge in [0.15, 0.2) is 0 Å². The van der Waals surface area contributed by atoms with Gasteiger partial charge in [0.05, 0.1) is 24.2 Å². The van der Waals surface area contributed by atoms with Gasteiger partial charge in [-0.15, -0.1) is 0 Å². The van der Waals surface area contributed by atoms with E-state index >= 15 is 0 Å². The summed E-state index contributed by atoms with van der Waals surface area (Å²) in [5, 5.41) is 18.0. The molecule has 0 saturated carbocycles. The van der Waals surface area contributed by atoms with Crippen LogP contribution in [-0.4, -0.2) is 51.5 Å². The molecule has 20 heavy (non-hydrogen) atoms. The fourth-order valence-electron chi connectivity index (χ4n) is 2.24. The van der Waals surface area contributed by atoms with Gasteiger partial charge in [0.25, 0.3) is 0 Å². The number of rotatable bonds is 7. The number of aromatic nitrogens is 2. The van der Waals surface area contributed by atoms with Crippen LogP contribution in [0.15, 0.2) is 18.2 Å². The number of imidazole rings is 1. The van der Waals surface area contributed by atoms with E-state index in [1.807, 2.05) is 16.5 Å². The molecule has 0 radical (unpaired) electrons. The summed E-state index contributed by atoms with van der Waals surface area (Å²) in [7, 11) is 1.90. The molecular formula is C14H20FN3O2. The van der Waals surface area contributed by atoms with Crippen molar-refractivity contribution in [2.75, 3.05) is 26.8 Å². The highest BCUT2D eigenvalue weighted by molar-refractivity contribution is 5.76. The fourth-order valence-corrected chi connectivity index (χ4v) is 2.24. The molecule has 5 nitrogen and oxygen atoms in total. The van der Waals surface area contributed by atoms with Crippen molar-refractivity contribution in [1.29, 1.82) is 0 Å². The summed E-state index contributed by atoms with van der Waals surface area (Å²) in [6, 6.07) is 4.55. The Labute approximate surface area is 117 Å².